The largest absolute Gasteiger partial charge is 0.345 e. The molecule has 0 saturated carbocycles. The quantitative estimate of drug-likeness (QED) is 0.499. The summed E-state index contributed by atoms with van der Waals surface area (Å²) < 4.78 is 29.3. The Kier molecular flexibility index (Phi) is 3.96. The first kappa shape index (κ1) is 17.5. The van der Waals surface area contributed by atoms with E-state index in [9.17, 15) is 13.2 Å². The molecular weight excluding hydrogens is 360 g/mol. The zero-order valence-corrected chi connectivity index (χ0v) is 16.1. The highest BCUT2D eigenvalue weighted by Gasteiger charge is 2.37. The number of sulfonamides is 1. The molecule has 2 heterocycles. The molecule has 4 rings (SSSR count). The van der Waals surface area contributed by atoms with Gasteiger partial charge in [0.1, 0.15) is 0 Å². The van der Waals surface area contributed by atoms with Gasteiger partial charge in [-0.2, -0.15) is 0 Å². The first-order valence-electron chi connectivity index (χ1n) is 8.71. The molecule has 0 fully saturated rings. The lowest BCUT2D eigenvalue weighted by Gasteiger charge is -2.18. The molecule has 0 saturated heterocycles. The van der Waals surface area contributed by atoms with Crippen molar-refractivity contribution >= 4 is 32.3 Å². The Labute approximate surface area is 158 Å². The van der Waals surface area contributed by atoms with Crippen LogP contribution in [-0.4, -0.2) is 25.3 Å². The first-order valence-corrected chi connectivity index (χ1v) is 10.2. The van der Waals surface area contributed by atoms with Crippen LogP contribution in [0.15, 0.2) is 60.0 Å². The van der Waals surface area contributed by atoms with Crippen LogP contribution in [0.5, 0.6) is 0 Å². The van der Waals surface area contributed by atoms with Gasteiger partial charge in [0.25, 0.3) is 10.0 Å². The van der Waals surface area contributed by atoms with E-state index in [0.29, 0.717) is 23.2 Å². The van der Waals surface area contributed by atoms with E-state index in [-0.39, 0.29) is 17.2 Å². The summed E-state index contributed by atoms with van der Waals surface area (Å²) in [4.78, 5) is 13.3. The number of hydrogen-bond donors (Lipinski definition) is 0. The molecule has 0 radical (unpaired) electrons. The third kappa shape index (κ3) is 2.51. The zero-order valence-electron chi connectivity index (χ0n) is 15.3. The monoisotopic (exact) mass is 380 g/mol. The molecule has 0 spiro atoms. The highest BCUT2D eigenvalue weighted by atomic mass is 32.2. The number of anilines is 1. The molecule has 1 aliphatic rings. The Morgan fingerprint density at radius 3 is 2.56 bits per heavy atom. The van der Waals surface area contributed by atoms with E-state index >= 15 is 0 Å². The average Bonchev–Trinajstić information content (AvgIpc) is 3.04. The molecule has 27 heavy (non-hydrogen) atoms. The fourth-order valence-corrected chi connectivity index (χ4v) is 5.50. The third-order valence-corrected chi connectivity index (χ3v) is 6.96. The molecule has 0 unspecified atom stereocenters. The molecular formula is C21H20N2O3S. The standard InChI is InChI=1S/C21H20N2O3S/c1-4-11-22-14(2)12-17(15(22)3)19(24)13-23-18-9-5-7-16-8-6-10-20(21(16)18)27(23,25)26/h4-10,12H,1,11,13H2,2-3H3. The smallest absolute Gasteiger partial charge is 0.265 e. The molecule has 2 aromatic carbocycles. The van der Waals surface area contributed by atoms with Crippen molar-refractivity contribution in [3.05, 3.63) is 72.1 Å². The van der Waals surface area contributed by atoms with E-state index in [2.05, 4.69) is 6.58 Å². The molecule has 0 N–H and O–H groups in total. The Morgan fingerprint density at radius 2 is 1.85 bits per heavy atom. The molecule has 1 aliphatic heterocycles. The maximum atomic E-state index is 13.0. The molecule has 6 heteroatoms. The minimum Gasteiger partial charge on any atom is -0.345 e. The summed E-state index contributed by atoms with van der Waals surface area (Å²) in [6, 6.07) is 12.5. The van der Waals surface area contributed by atoms with Gasteiger partial charge in [-0.3, -0.25) is 9.10 Å². The van der Waals surface area contributed by atoms with Crippen molar-refractivity contribution < 1.29 is 13.2 Å². The maximum absolute atomic E-state index is 13.0. The summed E-state index contributed by atoms with van der Waals surface area (Å²) >= 11 is 0. The lowest BCUT2D eigenvalue weighted by molar-refractivity contribution is 0.100. The number of allylic oxidation sites excluding steroid dienone is 1. The summed E-state index contributed by atoms with van der Waals surface area (Å²) in [7, 11) is -3.74. The highest BCUT2D eigenvalue weighted by Crippen LogP contribution is 2.42. The number of aromatic nitrogens is 1. The zero-order chi connectivity index (χ0) is 19.3. The number of rotatable bonds is 5. The number of aryl methyl sites for hydroxylation is 1. The van der Waals surface area contributed by atoms with Crippen LogP contribution in [0.1, 0.15) is 21.7 Å². The predicted octanol–water partition coefficient (Wildman–Crippen LogP) is 3.84. The van der Waals surface area contributed by atoms with Crippen LogP contribution in [0, 0.1) is 13.8 Å². The van der Waals surface area contributed by atoms with Crippen LogP contribution < -0.4 is 4.31 Å². The van der Waals surface area contributed by atoms with Crippen molar-refractivity contribution in [2.75, 3.05) is 10.8 Å². The molecule has 5 nitrogen and oxygen atoms in total. The molecule has 0 bridgehead atoms. The van der Waals surface area contributed by atoms with Crippen molar-refractivity contribution in [3.63, 3.8) is 0 Å². The second-order valence-corrected chi connectivity index (χ2v) is 8.58. The van der Waals surface area contributed by atoms with Crippen molar-refractivity contribution in [1.82, 2.24) is 4.57 Å². The Balaban J connectivity index is 1.76. The molecule has 0 aliphatic carbocycles. The molecule has 3 aromatic rings. The van der Waals surface area contributed by atoms with E-state index in [1.54, 1.807) is 24.3 Å². The van der Waals surface area contributed by atoms with Gasteiger partial charge in [-0.15, -0.1) is 6.58 Å². The lowest BCUT2D eigenvalue weighted by atomic mass is 10.1. The van der Waals surface area contributed by atoms with E-state index in [1.165, 1.54) is 4.31 Å². The molecule has 138 valence electrons. The van der Waals surface area contributed by atoms with E-state index < -0.39 is 10.0 Å². The fourth-order valence-electron chi connectivity index (χ4n) is 3.84. The van der Waals surface area contributed by atoms with Crippen LogP contribution in [0.2, 0.25) is 0 Å². The lowest BCUT2D eigenvalue weighted by Crippen LogP contribution is -2.33. The Bertz CT molecular complexity index is 1200. The van der Waals surface area contributed by atoms with Gasteiger partial charge in [0.2, 0.25) is 0 Å². The number of Topliss-reactive ketones (excluding diaryl/α,β-unsaturated/α-hetero) is 1. The van der Waals surface area contributed by atoms with Crippen LogP contribution in [0.25, 0.3) is 10.8 Å². The SMILES string of the molecule is C=CCn1c(C)cc(C(=O)CN2c3cccc4cccc(c34)S2(=O)=O)c1C. The second-order valence-electron chi connectivity index (χ2n) is 6.75. The summed E-state index contributed by atoms with van der Waals surface area (Å²) in [5, 5.41) is 1.54. The molecule has 0 atom stereocenters. The van der Waals surface area contributed by atoms with Gasteiger partial charge >= 0.3 is 0 Å². The van der Waals surface area contributed by atoms with E-state index in [1.807, 2.05) is 42.7 Å². The van der Waals surface area contributed by atoms with Crippen molar-refractivity contribution in [1.29, 1.82) is 0 Å². The first-order chi connectivity index (χ1) is 12.9. The van der Waals surface area contributed by atoms with Gasteiger partial charge in [-0.05, 0) is 37.4 Å². The number of ketones is 1. The average molecular weight is 380 g/mol. The topological polar surface area (TPSA) is 59.4 Å². The minimum atomic E-state index is -3.74. The minimum absolute atomic E-state index is 0.214. The molecule has 0 amide bonds. The number of carbonyl (C=O) groups is 1. The van der Waals surface area contributed by atoms with Crippen LogP contribution in [0.4, 0.5) is 5.69 Å². The number of benzene rings is 2. The van der Waals surface area contributed by atoms with Gasteiger partial charge in [0.15, 0.2) is 5.78 Å². The molecule has 1 aromatic heterocycles. The van der Waals surface area contributed by atoms with Crippen molar-refractivity contribution in [2.24, 2.45) is 0 Å². The van der Waals surface area contributed by atoms with E-state index in [0.717, 1.165) is 16.8 Å². The number of carbonyl (C=O) groups excluding carboxylic acids is 1. The summed E-state index contributed by atoms with van der Waals surface area (Å²) in [5.41, 5.74) is 2.89. The van der Waals surface area contributed by atoms with E-state index in [4.69, 9.17) is 0 Å². The summed E-state index contributed by atoms with van der Waals surface area (Å²) in [5.74, 6) is -0.216. The van der Waals surface area contributed by atoms with Crippen molar-refractivity contribution in [3.8, 4) is 0 Å². The van der Waals surface area contributed by atoms with Gasteiger partial charge in [-0.25, -0.2) is 8.42 Å². The van der Waals surface area contributed by atoms with Crippen LogP contribution >= 0.6 is 0 Å². The predicted molar refractivity (Wildman–Crippen MR) is 107 cm³/mol. The second kappa shape index (κ2) is 6.09. The van der Waals surface area contributed by atoms with Gasteiger partial charge < -0.3 is 4.57 Å². The maximum Gasteiger partial charge on any atom is 0.265 e. The Hall–Kier alpha value is -2.86. The highest BCUT2D eigenvalue weighted by molar-refractivity contribution is 7.93. The van der Waals surface area contributed by atoms with Crippen LogP contribution in [0.3, 0.4) is 0 Å². The van der Waals surface area contributed by atoms with Crippen LogP contribution in [-0.2, 0) is 16.6 Å². The van der Waals surface area contributed by atoms with Gasteiger partial charge in [0.05, 0.1) is 17.1 Å². The number of hydrogen-bond acceptors (Lipinski definition) is 3. The van der Waals surface area contributed by atoms with Gasteiger partial charge in [-0.1, -0.05) is 30.3 Å². The summed E-state index contributed by atoms with van der Waals surface area (Å²) in [6.45, 7) is 7.94. The fraction of sp³-hybridized carbons (Fsp3) is 0.190. The third-order valence-electron chi connectivity index (χ3n) is 5.15. The normalized spacial score (nSPS) is 14.7. The summed E-state index contributed by atoms with van der Waals surface area (Å²) in [6.07, 6.45) is 1.77. The van der Waals surface area contributed by atoms with Crippen molar-refractivity contribution in [2.45, 2.75) is 25.3 Å². The van der Waals surface area contributed by atoms with Gasteiger partial charge in [0, 0.05) is 28.9 Å². The number of nitrogens with zero attached hydrogens (tertiary/aromatic N) is 2. The Morgan fingerprint density at radius 1 is 1.15 bits per heavy atom.